The number of carbonyl (C=O) groups excluding carboxylic acids is 1. The molecule has 0 saturated heterocycles. The van der Waals surface area contributed by atoms with Crippen molar-refractivity contribution in [1.82, 2.24) is 9.78 Å². The molecular weight excluding hydrogens is 378 g/mol. The first-order valence-electron chi connectivity index (χ1n) is 8.71. The molecule has 0 fully saturated rings. The number of fused-ring (bicyclic) bond motifs is 1. The average Bonchev–Trinajstić information content (AvgIpc) is 3.09. The lowest BCUT2D eigenvalue weighted by atomic mass is 10.1. The van der Waals surface area contributed by atoms with Crippen LogP contribution in [0.25, 0.3) is 0 Å². The summed E-state index contributed by atoms with van der Waals surface area (Å²) in [6, 6.07) is 11.1. The van der Waals surface area contributed by atoms with Crippen LogP contribution in [0.4, 0.5) is 20.2 Å². The van der Waals surface area contributed by atoms with E-state index in [1.54, 1.807) is 24.3 Å². The van der Waals surface area contributed by atoms with E-state index in [-0.39, 0.29) is 11.3 Å². The van der Waals surface area contributed by atoms with Gasteiger partial charge in [-0.25, -0.2) is 8.78 Å². The summed E-state index contributed by atoms with van der Waals surface area (Å²) in [5.41, 5.74) is 0.647. The maximum absolute atomic E-state index is 14.8. The van der Waals surface area contributed by atoms with Gasteiger partial charge in [-0.2, -0.15) is 5.10 Å². The van der Waals surface area contributed by atoms with Gasteiger partial charge in [0.05, 0.1) is 11.9 Å². The van der Waals surface area contributed by atoms with Gasteiger partial charge in [0.25, 0.3) is 5.91 Å². The van der Waals surface area contributed by atoms with Gasteiger partial charge in [0, 0.05) is 25.2 Å². The molecule has 6 nitrogen and oxygen atoms in total. The number of hydrogen-bond acceptors (Lipinski definition) is 4. The number of hydrogen-bond donors (Lipinski definition) is 1. The van der Waals surface area contributed by atoms with Crippen LogP contribution in [0.5, 0.6) is 0 Å². The lowest BCUT2D eigenvalue weighted by Gasteiger charge is -2.39. The summed E-state index contributed by atoms with van der Waals surface area (Å²) in [7, 11) is 3.04. The van der Waals surface area contributed by atoms with Crippen LogP contribution in [0, 0.1) is 23.5 Å². The molecule has 4 rings (SSSR count). The topological polar surface area (TPSA) is 61.6 Å². The van der Waals surface area contributed by atoms with E-state index in [2.05, 4.69) is 16.9 Å². The Morgan fingerprint density at radius 3 is 2.31 bits per heavy atom. The van der Waals surface area contributed by atoms with Gasteiger partial charge in [0.2, 0.25) is 6.35 Å². The van der Waals surface area contributed by atoms with E-state index >= 15 is 0 Å². The number of nitrogens with zero attached hydrogens (tertiary/aromatic N) is 4. The average molecular weight is 394 g/mol. The van der Waals surface area contributed by atoms with E-state index < -0.39 is 29.6 Å². The van der Waals surface area contributed by atoms with Gasteiger partial charge in [-0.3, -0.25) is 14.4 Å². The number of aromatic nitrogens is 2. The number of amides is 1. The second-order valence-corrected chi connectivity index (χ2v) is 6.54. The standard InChI is InChI=1S/C21H16F2N4O2/c1-25-17-12-24-26(2)19(17)20(28)27(21(25)29)18-15(22)10-14(11-16(18)23)9-8-13-6-4-3-5-7-13/h3-7,10-12,21,29H,1-2H3. The molecule has 1 aliphatic heterocycles. The Hall–Kier alpha value is -3.70. The normalized spacial score (nSPS) is 15.8. The number of aliphatic hydroxyl groups is 1. The molecule has 1 atom stereocenters. The first-order valence-corrected chi connectivity index (χ1v) is 8.71. The fraction of sp³-hybridized carbons (Fsp3) is 0.143. The lowest BCUT2D eigenvalue weighted by Crippen LogP contribution is -2.55. The molecule has 146 valence electrons. The summed E-state index contributed by atoms with van der Waals surface area (Å²) >= 11 is 0. The van der Waals surface area contributed by atoms with Gasteiger partial charge in [-0.05, 0) is 24.3 Å². The van der Waals surface area contributed by atoms with Crippen molar-refractivity contribution in [2.24, 2.45) is 7.05 Å². The maximum Gasteiger partial charge on any atom is 0.282 e. The van der Waals surface area contributed by atoms with Crippen LogP contribution in [0.3, 0.4) is 0 Å². The second kappa shape index (κ2) is 7.04. The fourth-order valence-electron chi connectivity index (χ4n) is 3.20. The van der Waals surface area contributed by atoms with Crippen LogP contribution in [0.15, 0.2) is 48.7 Å². The van der Waals surface area contributed by atoms with Gasteiger partial charge < -0.3 is 10.0 Å². The summed E-state index contributed by atoms with van der Waals surface area (Å²) in [6.45, 7) is 0. The highest BCUT2D eigenvalue weighted by molar-refractivity contribution is 6.10. The molecule has 1 amide bonds. The Balaban J connectivity index is 1.75. The van der Waals surface area contributed by atoms with Crippen LogP contribution in [0.1, 0.15) is 21.6 Å². The quantitative estimate of drug-likeness (QED) is 0.645. The zero-order valence-corrected chi connectivity index (χ0v) is 15.6. The number of benzene rings is 2. The van der Waals surface area contributed by atoms with E-state index in [1.807, 2.05) is 6.07 Å². The molecule has 2 aromatic carbocycles. The Morgan fingerprint density at radius 2 is 1.66 bits per heavy atom. The van der Waals surface area contributed by atoms with Crippen molar-refractivity contribution in [3.8, 4) is 11.8 Å². The summed E-state index contributed by atoms with van der Waals surface area (Å²) in [6.07, 6.45) is -0.188. The van der Waals surface area contributed by atoms with Gasteiger partial charge in [-0.1, -0.05) is 30.0 Å². The van der Waals surface area contributed by atoms with Crippen molar-refractivity contribution in [1.29, 1.82) is 0 Å². The zero-order chi connectivity index (χ0) is 20.7. The van der Waals surface area contributed by atoms with Gasteiger partial charge >= 0.3 is 0 Å². The summed E-state index contributed by atoms with van der Waals surface area (Å²) < 4.78 is 31.0. The van der Waals surface area contributed by atoms with Crippen molar-refractivity contribution in [3.63, 3.8) is 0 Å². The fourth-order valence-corrected chi connectivity index (χ4v) is 3.20. The van der Waals surface area contributed by atoms with Crippen LogP contribution in [0.2, 0.25) is 0 Å². The van der Waals surface area contributed by atoms with Gasteiger partial charge in [-0.15, -0.1) is 0 Å². The summed E-state index contributed by atoms with van der Waals surface area (Å²) in [5.74, 6) is 2.76. The molecule has 1 aliphatic rings. The molecule has 0 spiro atoms. The minimum atomic E-state index is -1.59. The van der Waals surface area contributed by atoms with E-state index in [0.717, 1.165) is 12.1 Å². The number of rotatable bonds is 1. The van der Waals surface area contributed by atoms with Crippen molar-refractivity contribution in [3.05, 3.63) is 77.1 Å². The molecule has 0 aliphatic carbocycles. The van der Waals surface area contributed by atoms with E-state index in [1.165, 1.54) is 29.9 Å². The predicted molar refractivity (Wildman–Crippen MR) is 103 cm³/mol. The Morgan fingerprint density at radius 1 is 1.03 bits per heavy atom. The Bertz CT molecular complexity index is 1140. The number of halogens is 2. The number of aliphatic hydroxyl groups excluding tert-OH is 1. The van der Waals surface area contributed by atoms with Crippen molar-refractivity contribution in [2.75, 3.05) is 16.8 Å². The number of carbonyl (C=O) groups is 1. The first kappa shape index (κ1) is 18.7. The highest BCUT2D eigenvalue weighted by Gasteiger charge is 2.40. The smallest absolute Gasteiger partial charge is 0.282 e. The Kier molecular flexibility index (Phi) is 4.53. The van der Waals surface area contributed by atoms with Crippen molar-refractivity contribution < 1.29 is 18.7 Å². The molecule has 1 unspecified atom stereocenters. The molecule has 2 heterocycles. The second-order valence-electron chi connectivity index (χ2n) is 6.54. The SMILES string of the molecule is CN1c2cnn(C)c2C(=O)N(c2c(F)cc(C#Cc3ccccc3)cc2F)C1O. The largest absolute Gasteiger partial charge is 0.356 e. The molecule has 0 radical (unpaired) electrons. The van der Waals surface area contributed by atoms with Gasteiger partial charge in [0.15, 0.2) is 11.6 Å². The van der Waals surface area contributed by atoms with Gasteiger partial charge in [0.1, 0.15) is 11.4 Å². The molecule has 1 aromatic heterocycles. The van der Waals surface area contributed by atoms with Crippen molar-refractivity contribution >= 4 is 17.3 Å². The molecule has 0 bridgehead atoms. The minimum absolute atomic E-state index is 0.112. The molecular formula is C21H16F2N4O2. The summed E-state index contributed by atoms with van der Waals surface area (Å²) in [4.78, 5) is 14.9. The van der Waals surface area contributed by atoms with Crippen LogP contribution < -0.4 is 9.80 Å². The third-order valence-corrected chi connectivity index (χ3v) is 4.68. The highest BCUT2D eigenvalue weighted by Crippen LogP contribution is 2.35. The maximum atomic E-state index is 14.8. The monoisotopic (exact) mass is 394 g/mol. The first-order chi connectivity index (χ1) is 13.9. The summed E-state index contributed by atoms with van der Waals surface area (Å²) in [5, 5.41) is 14.5. The lowest BCUT2D eigenvalue weighted by molar-refractivity contribution is 0.0851. The van der Waals surface area contributed by atoms with Crippen LogP contribution >= 0.6 is 0 Å². The third-order valence-electron chi connectivity index (χ3n) is 4.68. The molecule has 29 heavy (non-hydrogen) atoms. The third kappa shape index (κ3) is 3.11. The Labute approximate surface area is 165 Å². The van der Waals surface area contributed by atoms with E-state index in [9.17, 15) is 18.7 Å². The molecule has 0 saturated carbocycles. The molecule has 1 N–H and O–H groups in total. The van der Waals surface area contributed by atoms with Crippen LogP contribution in [-0.4, -0.2) is 34.2 Å². The van der Waals surface area contributed by atoms with E-state index in [4.69, 9.17) is 0 Å². The minimum Gasteiger partial charge on any atom is -0.356 e. The number of anilines is 2. The molecule has 3 aromatic rings. The molecule has 8 heteroatoms. The predicted octanol–water partition coefficient (Wildman–Crippen LogP) is 2.47. The number of aryl methyl sites for hydroxylation is 1. The highest BCUT2D eigenvalue weighted by atomic mass is 19.1. The van der Waals surface area contributed by atoms with Crippen LogP contribution in [-0.2, 0) is 7.05 Å². The van der Waals surface area contributed by atoms with Crippen molar-refractivity contribution in [2.45, 2.75) is 6.35 Å². The zero-order valence-electron chi connectivity index (χ0n) is 15.6. The van der Waals surface area contributed by atoms with E-state index in [0.29, 0.717) is 16.2 Å².